The van der Waals surface area contributed by atoms with Gasteiger partial charge in [-0.1, -0.05) is 15.9 Å². The molecule has 5 heteroatoms. The fourth-order valence-corrected chi connectivity index (χ4v) is 1.27. The van der Waals surface area contributed by atoms with Crippen LogP contribution in [0.2, 0.25) is 0 Å². The van der Waals surface area contributed by atoms with Crippen LogP contribution in [0, 0.1) is 0 Å². The van der Waals surface area contributed by atoms with Gasteiger partial charge in [-0.2, -0.15) is 0 Å². The molecular formula is C9H10BrNO3. The van der Waals surface area contributed by atoms with Crippen LogP contribution < -0.4 is 5.56 Å². The topological polar surface area (TPSA) is 48.3 Å². The van der Waals surface area contributed by atoms with Crippen LogP contribution in [0.5, 0.6) is 0 Å². The van der Waals surface area contributed by atoms with Crippen molar-refractivity contribution >= 4 is 21.9 Å². The summed E-state index contributed by atoms with van der Waals surface area (Å²) in [7, 11) is 0. The molecule has 0 fully saturated rings. The van der Waals surface area contributed by atoms with Crippen LogP contribution in [0.1, 0.15) is 6.92 Å². The summed E-state index contributed by atoms with van der Waals surface area (Å²) in [6.07, 6.45) is 1.54. The third kappa shape index (κ3) is 2.99. The predicted molar refractivity (Wildman–Crippen MR) is 55.0 cm³/mol. The SMILES string of the molecule is CCOC(=O)Cn1ccc(Br)cc1=O. The number of halogens is 1. The predicted octanol–water partition coefficient (Wildman–Crippen LogP) is 1.17. The monoisotopic (exact) mass is 259 g/mol. The molecule has 14 heavy (non-hydrogen) atoms. The molecule has 1 aromatic heterocycles. The molecule has 76 valence electrons. The van der Waals surface area contributed by atoms with E-state index in [-0.39, 0.29) is 12.1 Å². The Kier molecular flexibility index (Phi) is 3.88. The highest BCUT2D eigenvalue weighted by Gasteiger charge is 2.04. The van der Waals surface area contributed by atoms with Gasteiger partial charge in [-0.25, -0.2) is 0 Å². The normalized spacial score (nSPS) is 9.86. The zero-order valence-corrected chi connectivity index (χ0v) is 9.28. The molecule has 0 saturated carbocycles. The van der Waals surface area contributed by atoms with Gasteiger partial charge in [0, 0.05) is 16.7 Å². The van der Waals surface area contributed by atoms with E-state index in [1.807, 2.05) is 0 Å². The molecule has 0 aliphatic heterocycles. The summed E-state index contributed by atoms with van der Waals surface area (Å²) in [5, 5.41) is 0. The summed E-state index contributed by atoms with van der Waals surface area (Å²) in [5.41, 5.74) is -0.229. The lowest BCUT2D eigenvalue weighted by molar-refractivity contribution is -0.143. The van der Waals surface area contributed by atoms with Gasteiger partial charge < -0.3 is 9.30 Å². The number of ether oxygens (including phenoxy) is 1. The molecule has 1 heterocycles. The van der Waals surface area contributed by atoms with Crippen LogP contribution in [0.3, 0.4) is 0 Å². The van der Waals surface area contributed by atoms with Gasteiger partial charge in [-0.3, -0.25) is 9.59 Å². The minimum absolute atomic E-state index is 0.0417. The van der Waals surface area contributed by atoms with Crippen LogP contribution in [-0.2, 0) is 16.1 Å². The summed E-state index contributed by atoms with van der Waals surface area (Å²) in [6.45, 7) is 2.01. The van der Waals surface area contributed by atoms with Gasteiger partial charge in [0.15, 0.2) is 0 Å². The number of hydrogen-bond acceptors (Lipinski definition) is 3. The first-order valence-corrected chi connectivity index (χ1v) is 4.94. The fourth-order valence-electron chi connectivity index (χ4n) is 0.960. The van der Waals surface area contributed by atoms with Crippen molar-refractivity contribution < 1.29 is 9.53 Å². The molecule has 1 aromatic rings. The molecule has 1 rings (SSSR count). The number of carbonyl (C=O) groups is 1. The quantitative estimate of drug-likeness (QED) is 0.766. The van der Waals surface area contributed by atoms with E-state index in [1.54, 1.807) is 19.2 Å². The standard InChI is InChI=1S/C9H10BrNO3/c1-2-14-9(13)6-11-4-3-7(10)5-8(11)12/h3-5H,2,6H2,1H3. The van der Waals surface area contributed by atoms with Crippen LogP contribution >= 0.6 is 15.9 Å². The smallest absolute Gasteiger partial charge is 0.326 e. The van der Waals surface area contributed by atoms with Crippen molar-refractivity contribution in [2.24, 2.45) is 0 Å². The van der Waals surface area contributed by atoms with Gasteiger partial charge in [0.05, 0.1) is 6.61 Å². The maximum atomic E-state index is 11.3. The third-order valence-corrected chi connectivity index (χ3v) is 2.06. The van der Waals surface area contributed by atoms with Gasteiger partial charge in [0.1, 0.15) is 6.54 Å². The number of carbonyl (C=O) groups excluding carboxylic acids is 1. The first kappa shape index (κ1) is 11.0. The van der Waals surface area contributed by atoms with E-state index in [1.165, 1.54) is 10.6 Å². The van der Waals surface area contributed by atoms with Crippen molar-refractivity contribution in [1.29, 1.82) is 0 Å². The van der Waals surface area contributed by atoms with Crippen LogP contribution in [0.4, 0.5) is 0 Å². The van der Waals surface area contributed by atoms with Crippen molar-refractivity contribution in [2.75, 3.05) is 6.61 Å². The van der Waals surface area contributed by atoms with Gasteiger partial charge in [-0.15, -0.1) is 0 Å². The molecule has 0 N–H and O–H groups in total. The fraction of sp³-hybridized carbons (Fsp3) is 0.333. The Hall–Kier alpha value is -1.10. The second kappa shape index (κ2) is 4.95. The molecule has 0 atom stereocenters. The molecule has 0 aromatic carbocycles. The Labute approximate surface area is 89.6 Å². The second-order valence-electron chi connectivity index (χ2n) is 2.62. The Bertz CT molecular complexity index is 386. The van der Waals surface area contributed by atoms with Crippen molar-refractivity contribution in [3.8, 4) is 0 Å². The van der Waals surface area contributed by atoms with Crippen molar-refractivity contribution in [3.05, 3.63) is 33.2 Å². The van der Waals surface area contributed by atoms with E-state index in [9.17, 15) is 9.59 Å². The Morgan fingerprint density at radius 1 is 1.64 bits per heavy atom. The first-order chi connectivity index (χ1) is 6.63. The molecule has 0 amide bonds. The van der Waals surface area contributed by atoms with Gasteiger partial charge in [-0.05, 0) is 13.0 Å². The number of aromatic nitrogens is 1. The van der Waals surface area contributed by atoms with Crippen LogP contribution in [-0.4, -0.2) is 17.1 Å². The molecule has 0 saturated heterocycles. The minimum Gasteiger partial charge on any atom is -0.465 e. The van der Waals surface area contributed by atoms with Gasteiger partial charge in [0.25, 0.3) is 5.56 Å². The average Bonchev–Trinajstić information content (AvgIpc) is 2.10. The number of pyridine rings is 1. The number of nitrogens with zero attached hydrogens (tertiary/aromatic N) is 1. The summed E-state index contributed by atoms with van der Waals surface area (Å²) in [5.74, 6) is -0.406. The molecule has 0 radical (unpaired) electrons. The Morgan fingerprint density at radius 2 is 2.36 bits per heavy atom. The maximum absolute atomic E-state index is 11.3. The van der Waals surface area contributed by atoms with E-state index in [2.05, 4.69) is 15.9 Å². The van der Waals surface area contributed by atoms with Crippen LogP contribution in [0.15, 0.2) is 27.6 Å². The highest BCUT2D eigenvalue weighted by atomic mass is 79.9. The largest absolute Gasteiger partial charge is 0.465 e. The van der Waals surface area contributed by atoms with Crippen molar-refractivity contribution in [3.63, 3.8) is 0 Å². The zero-order valence-electron chi connectivity index (χ0n) is 7.70. The summed E-state index contributed by atoms with van der Waals surface area (Å²) < 4.78 is 6.71. The zero-order chi connectivity index (χ0) is 10.6. The van der Waals surface area contributed by atoms with E-state index >= 15 is 0 Å². The van der Waals surface area contributed by atoms with E-state index in [0.717, 1.165) is 0 Å². The van der Waals surface area contributed by atoms with E-state index in [0.29, 0.717) is 11.1 Å². The van der Waals surface area contributed by atoms with Crippen molar-refractivity contribution in [1.82, 2.24) is 4.57 Å². The molecule has 0 spiro atoms. The van der Waals surface area contributed by atoms with Gasteiger partial charge in [0.2, 0.25) is 0 Å². The molecule has 0 aliphatic carbocycles. The second-order valence-corrected chi connectivity index (χ2v) is 3.53. The average molecular weight is 260 g/mol. The van der Waals surface area contributed by atoms with E-state index in [4.69, 9.17) is 4.74 Å². The van der Waals surface area contributed by atoms with Gasteiger partial charge >= 0.3 is 5.97 Å². The molecular weight excluding hydrogens is 250 g/mol. The molecule has 0 aliphatic rings. The minimum atomic E-state index is -0.406. The third-order valence-electron chi connectivity index (χ3n) is 1.56. The van der Waals surface area contributed by atoms with Crippen molar-refractivity contribution in [2.45, 2.75) is 13.5 Å². The first-order valence-electron chi connectivity index (χ1n) is 4.15. The number of hydrogen-bond donors (Lipinski definition) is 0. The lowest BCUT2D eigenvalue weighted by Gasteiger charge is -2.04. The maximum Gasteiger partial charge on any atom is 0.326 e. The highest BCUT2D eigenvalue weighted by Crippen LogP contribution is 2.03. The summed E-state index contributed by atoms with van der Waals surface area (Å²) in [6, 6.07) is 3.10. The lowest BCUT2D eigenvalue weighted by Crippen LogP contribution is -2.24. The lowest BCUT2D eigenvalue weighted by atomic mass is 10.4. The molecule has 4 nitrogen and oxygen atoms in total. The Balaban J connectivity index is 2.77. The van der Waals surface area contributed by atoms with Crippen LogP contribution in [0.25, 0.3) is 0 Å². The van der Waals surface area contributed by atoms with E-state index < -0.39 is 5.97 Å². The molecule has 0 unspecified atom stereocenters. The highest BCUT2D eigenvalue weighted by molar-refractivity contribution is 9.10. The summed E-state index contributed by atoms with van der Waals surface area (Å²) in [4.78, 5) is 22.4. The number of esters is 1. The summed E-state index contributed by atoms with van der Waals surface area (Å²) >= 11 is 3.16. The number of rotatable bonds is 3. The Morgan fingerprint density at radius 3 is 2.93 bits per heavy atom. The molecule has 0 bridgehead atoms.